The van der Waals surface area contributed by atoms with Crippen molar-refractivity contribution in [3.05, 3.63) is 47.5 Å². The molecule has 2 amide bonds. The predicted octanol–water partition coefficient (Wildman–Crippen LogP) is 1.06. The standard InChI is InChI=1S/C24H27N3O4/c1-2-15-31-17-19(28)16-26-11-9-25(10-12-26)13-14-27-23(29)20-7-3-5-18-6-4-8-21(22(18)20)24(27)30/h1,3-8,19,28H,9-17H2/t19-/m1/s1. The van der Waals surface area contributed by atoms with Crippen molar-refractivity contribution in [3.8, 4) is 12.3 Å². The van der Waals surface area contributed by atoms with Crippen LogP contribution in [-0.2, 0) is 4.74 Å². The Morgan fingerprint density at radius 3 is 2.19 bits per heavy atom. The highest BCUT2D eigenvalue weighted by Crippen LogP contribution is 2.29. The third kappa shape index (κ3) is 4.63. The monoisotopic (exact) mass is 421 g/mol. The van der Waals surface area contributed by atoms with Gasteiger partial charge in [0.25, 0.3) is 11.8 Å². The lowest BCUT2D eigenvalue weighted by atomic mass is 9.94. The van der Waals surface area contributed by atoms with Crippen molar-refractivity contribution in [2.45, 2.75) is 6.10 Å². The number of carbonyl (C=O) groups is 2. The minimum atomic E-state index is -0.564. The van der Waals surface area contributed by atoms with Gasteiger partial charge in [-0.3, -0.25) is 24.3 Å². The molecule has 7 nitrogen and oxygen atoms in total. The van der Waals surface area contributed by atoms with Crippen molar-refractivity contribution in [2.24, 2.45) is 0 Å². The lowest BCUT2D eigenvalue weighted by Crippen LogP contribution is -2.51. The molecule has 0 spiro atoms. The molecule has 0 bridgehead atoms. The van der Waals surface area contributed by atoms with Crippen LogP contribution in [0.15, 0.2) is 36.4 Å². The minimum Gasteiger partial charge on any atom is -0.389 e. The van der Waals surface area contributed by atoms with E-state index < -0.39 is 6.10 Å². The predicted molar refractivity (Wildman–Crippen MR) is 118 cm³/mol. The first-order valence-corrected chi connectivity index (χ1v) is 10.6. The summed E-state index contributed by atoms with van der Waals surface area (Å²) in [6.07, 6.45) is 4.57. The van der Waals surface area contributed by atoms with Gasteiger partial charge in [-0.2, -0.15) is 0 Å². The first-order chi connectivity index (χ1) is 15.1. The van der Waals surface area contributed by atoms with E-state index in [4.69, 9.17) is 11.2 Å². The Labute approximate surface area is 182 Å². The van der Waals surface area contributed by atoms with Crippen LogP contribution >= 0.6 is 0 Å². The van der Waals surface area contributed by atoms with Gasteiger partial charge in [-0.25, -0.2) is 0 Å². The summed E-state index contributed by atoms with van der Waals surface area (Å²) in [4.78, 5) is 31.8. The summed E-state index contributed by atoms with van der Waals surface area (Å²) < 4.78 is 5.19. The van der Waals surface area contributed by atoms with Crippen LogP contribution < -0.4 is 0 Å². The number of terminal acetylenes is 1. The number of piperazine rings is 1. The second-order valence-corrected chi connectivity index (χ2v) is 7.99. The van der Waals surface area contributed by atoms with Crippen molar-refractivity contribution in [2.75, 3.05) is 59.0 Å². The zero-order chi connectivity index (χ0) is 21.8. The summed E-state index contributed by atoms with van der Waals surface area (Å²) in [5.74, 6) is 1.95. The van der Waals surface area contributed by atoms with Gasteiger partial charge in [0.15, 0.2) is 0 Å². The molecule has 0 saturated carbocycles. The quantitative estimate of drug-likeness (QED) is 0.391. The lowest BCUT2D eigenvalue weighted by molar-refractivity contribution is 0.0153. The number of benzene rings is 2. The van der Waals surface area contributed by atoms with Crippen LogP contribution in [0.3, 0.4) is 0 Å². The first kappa shape index (κ1) is 21.5. The zero-order valence-corrected chi connectivity index (χ0v) is 17.5. The molecule has 1 saturated heterocycles. The van der Waals surface area contributed by atoms with Gasteiger partial charge in [0, 0.05) is 62.3 Å². The van der Waals surface area contributed by atoms with E-state index in [1.807, 2.05) is 24.3 Å². The maximum Gasteiger partial charge on any atom is 0.261 e. The van der Waals surface area contributed by atoms with Gasteiger partial charge in [-0.05, 0) is 17.5 Å². The molecule has 31 heavy (non-hydrogen) atoms. The molecule has 2 aromatic rings. The molecule has 2 heterocycles. The topological polar surface area (TPSA) is 73.3 Å². The van der Waals surface area contributed by atoms with Crippen molar-refractivity contribution in [1.29, 1.82) is 0 Å². The second kappa shape index (κ2) is 9.58. The van der Waals surface area contributed by atoms with E-state index in [1.54, 1.807) is 12.1 Å². The highest BCUT2D eigenvalue weighted by molar-refractivity contribution is 6.25. The molecule has 1 N–H and O–H groups in total. The zero-order valence-electron chi connectivity index (χ0n) is 17.5. The maximum atomic E-state index is 13.0. The third-order valence-corrected chi connectivity index (χ3v) is 5.93. The van der Waals surface area contributed by atoms with Crippen LogP contribution in [0.2, 0.25) is 0 Å². The van der Waals surface area contributed by atoms with Crippen molar-refractivity contribution in [1.82, 2.24) is 14.7 Å². The van der Waals surface area contributed by atoms with Crippen LogP contribution in [0.25, 0.3) is 10.8 Å². The summed E-state index contributed by atoms with van der Waals surface area (Å²) in [5.41, 5.74) is 1.19. The Bertz CT molecular complexity index is 957. The fraction of sp³-hybridized carbons (Fsp3) is 0.417. The van der Waals surface area contributed by atoms with Gasteiger partial charge in [0.2, 0.25) is 0 Å². The molecule has 2 aliphatic heterocycles. The number of imide groups is 1. The van der Waals surface area contributed by atoms with E-state index in [9.17, 15) is 14.7 Å². The fourth-order valence-corrected chi connectivity index (χ4v) is 4.33. The Hall–Kier alpha value is -2.76. The average molecular weight is 421 g/mol. The number of aliphatic hydroxyl groups is 1. The van der Waals surface area contributed by atoms with Crippen LogP contribution in [0.4, 0.5) is 0 Å². The molecule has 1 atom stereocenters. The van der Waals surface area contributed by atoms with E-state index in [0.717, 1.165) is 37.0 Å². The van der Waals surface area contributed by atoms with Gasteiger partial charge in [0.05, 0.1) is 12.7 Å². The van der Waals surface area contributed by atoms with E-state index in [-0.39, 0.29) is 25.0 Å². The molecule has 0 unspecified atom stereocenters. The van der Waals surface area contributed by atoms with Crippen LogP contribution in [0.5, 0.6) is 0 Å². The van der Waals surface area contributed by atoms with Crippen LogP contribution in [0, 0.1) is 12.3 Å². The van der Waals surface area contributed by atoms with E-state index >= 15 is 0 Å². The van der Waals surface area contributed by atoms with Crippen LogP contribution in [0.1, 0.15) is 20.7 Å². The van der Waals surface area contributed by atoms with Crippen molar-refractivity contribution >= 4 is 22.6 Å². The van der Waals surface area contributed by atoms with E-state index in [1.165, 1.54) is 4.90 Å². The van der Waals surface area contributed by atoms with Gasteiger partial charge in [-0.15, -0.1) is 6.42 Å². The van der Waals surface area contributed by atoms with Gasteiger partial charge < -0.3 is 9.84 Å². The second-order valence-electron chi connectivity index (χ2n) is 7.99. The number of hydrogen-bond acceptors (Lipinski definition) is 6. The van der Waals surface area contributed by atoms with Gasteiger partial charge in [-0.1, -0.05) is 30.2 Å². The number of nitrogens with zero attached hydrogens (tertiary/aromatic N) is 3. The highest BCUT2D eigenvalue weighted by Gasteiger charge is 2.32. The molecule has 0 aliphatic carbocycles. The Morgan fingerprint density at radius 1 is 0.968 bits per heavy atom. The first-order valence-electron chi connectivity index (χ1n) is 10.6. The molecule has 162 valence electrons. The number of rotatable bonds is 8. The molecule has 7 heteroatoms. The number of hydrogen-bond donors (Lipinski definition) is 1. The summed E-state index contributed by atoms with van der Waals surface area (Å²) in [5, 5.41) is 11.7. The van der Waals surface area contributed by atoms with E-state index in [2.05, 4.69) is 15.7 Å². The van der Waals surface area contributed by atoms with Crippen molar-refractivity contribution < 1.29 is 19.4 Å². The Kier molecular flexibility index (Phi) is 6.64. The number of aliphatic hydroxyl groups excluding tert-OH is 1. The summed E-state index contributed by atoms with van der Waals surface area (Å²) in [6.45, 7) is 5.26. The fourth-order valence-electron chi connectivity index (χ4n) is 4.33. The Morgan fingerprint density at radius 2 is 1.58 bits per heavy atom. The molecule has 0 aromatic heterocycles. The van der Waals surface area contributed by atoms with Gasteiger partial charge in [0.1, 0.15) is 6.61 Å². The SMILES string of the molecule is C#CCOC[C@H](O)CN1CCN(CCN2C(=O)c3cccc4cccc(c34)C2=O)CC1. The molecular formula is C24H27N3O4. The number of β-amino-alcohol motifs (C(OH)–C–C–N with tert-alkyl or cyclic N) is 1. The van der Waals surface area contributed by atoms with Gasteiger partial charge >= 0.3 is 0 Å². The smallest absolute Gasteiger partial charge is 0.261 e. The maximum absolute atomic E-state index is 13.0. The number of ether oxygens (including phenoxy) is 1. The summed E-state index contributed by atoms with van der Waals surface area (Å²) >= 11 is 0. The molecule has 2 aromatic carbocycles. The summed E-state index contributed by atoms with van der Waals surface area (Å²) in [6, 6.07) is 11.2. The van der Waals surface area contributed by atoms with E-state index in [0.29, 0.717) is 30.8 Å². The normalized spacial score (nSPS) is 18.4. The molecule has 1 fully saturated rings. The lowest BCUT2D eigenvalue weighted by Gasteiger charge is -2.36. The minimum absolute atomic E-state index is 0.206. The molecule has 2 aliphatic rings. The number of carbonyl (C=O) groups excluding carboxylic acids is 2. The number of amides is 2. The highest BCUT2D eigenvalue weighted by atomic mass is 16.5. The largest absolute Gasteiger partial charge is 0.389 e. The summed E-state index contributed by atoms with van der Waals surface area (Å²) in [7, 11) is 0. The molecule has 0 radical (unpaired) electrons. The molecular weight excluding hydrogens is 394 g/mol. The van der Waals surface area contributed by atoms with Crippen molar-refractivity contribution in [3.63, 3.8) is 0 Å². The third-order valence-electron chi connectivity index (χ3n) is 5.93. The Balaban J connectivity index is 1.30. The average Bonchev–Trinajstić information content (AvgIpc) is 2.78. The van der Waals surface area contributed by atoms with Crippen LogP contribution in [-0.4, -0.2) is 96.8 Å². The molecule has 4 rings (SSSR count).